The van der Waals surface area contributed by atoms with Gasteiger partial charge in [0.1, 0.15) is 13.2 Å². The van der Waals surface area contributed by atoms with Gasteiger partial charge in [-0.2, -0.15) is 0 Å². The molecule has 6 heteroatoms. The molecule has 0 atom stereocenters. The molecule has 0 aliphatic rings. The molecule has 0 saturated heterocycles. The first-order valence-corrected chi connectivity index (χ1v) is 6.47. The van der Waals surface area contributed by atoms with Crippen LogP contribution in [0.4, 0.5) is 0 Å². The molecule has 0 bridgehead atoms. The number of quaternary nitrogens is 1. The van der Waals surface area contributed by atoms with Gasteiger partial charge in [0, 0.05) is 0 Å². The second-order valence-electron chi connectivity index (χ2n) is 3.34. The standard InChI is InChI=1S/C8H20NO4P/c1-4-9(5-2,6-3)7-8-13-14(10,11)12/h4-8H2,1-3H3,(H-,10,11,12)/p+1. The van der Waals surface area contributed by atoms with Crippen molar-refractivity contribution in [2.24, 2.45) is 0 Å². The molecule has 0 amide bonds. The second-order valence-corrected chi connectivity index (χ2v) is 4.58. The van der Waals surface area contributed by atoms with Crippen LogP contribution in [0, 0.1) is 0 Å². The first-order chi connectivity index (χ1) is 6.39. The summed E-state index contributed by atoms with van der Waals surface area (Å²) in [6, 6.07) is 0. The van der Waals surface area contributed by atoms with Gasteiger partial charge in [-0.3, -0.25) is 4.52 Å². The Kier molecular flexibility index (Phi) is 5.86. The topological polar surface area (TPSA) is 66.8 Å². The number of likely N-dealkylation sites (N-methyl/N-ethyl adjacent to an activating group) is 1. The molecule has 0 radical (unpaired) electrons. The van der Waals surface area contributed by atoms with E-state index in [9.17, 15) is 4.57 Å². The van der Waals surface area contributed by atoms with Crippen LogP contribution in [-0.4, -0.2) is 47.1 Å². The Bertz CT molecular complexity index is 191. The van der Waals surface area contributed by atoms with Crippen molar-refractivity contribution in [2.45, 2.75) is 20.8 Å². The fraction of sp³-hybridized carbons (Fsp3) is 1.00. The third kappa shape index (κ3) is 5.08. The fourth-order valence-electron chi connectivity index (χ4n) is 1.50. The third-order valence-electron chi connectivity index (χ3n) is 2.84. The van der Waals surface area contributed by atoms with Crippen LogP contribution < -0.4 is 0 Å². The van der Waals surface area contributed by atoms with Gasteiger partial charge in [0.05, 0.1) is 19.6 Å². The van der Waals surface area contributed by atoms with Crippen LogP contribution in [0.5, 0.6) is 0 Å². The molecule has 14 heavy (non-hydrogen) atoms. The van der Waals surface area contributed by atoms with Crippen LogP contribution in [0.2, 0.25) is 0 Å². The van der Waals surface area contributed by atoms with Crippen molar-refractivity contribution in [3.63, 3.8) is 0 Å². The summed E-state index contributed by atoms with van der Waals surface area (Å²) in [4.78, 5) is 17.0. The summed E-state index contributed by atoms with van der Waals surface area (Å²) in [5, 5.41) is 0. The van der Waals surface area contributed by atoms with Gasteiger partial charge >= 0.3 is 7.82 Å². The summed E-state index contributed by atoms with van der Waals surface area (Å²) < 4.78 is 15.7. The maximum absolute atomic E-state index is 10.4. The molecule has 0 spiro atoms. The molecule has 5 nitrogen and oxygen atoms in total. The molecule has 0 aliphatic heterocycles. The van der Waals surface area contributed by atoms with Gasteiger partial charge < -0.3 is 14.3 Å². The van der Waals surface area contributed by atoms with Crippen LogP contribution in [0.15, 0.2) is 0 Å². The monoisotopic (exact) mass is 226 g/mol. The van der Waals surface area contributed by atoms with Crippen molar-refractivity contribution >= 4 is 7.82 Å². The van der Waals surface area contributed by atoms with Crippen LogP contribution in [0.25, 0.3) is 0 Å². The van der Waals surface area contributed by atoms with E-state index in [4.69, 9.17) is 9.79 Å². The van der Waals surface area contributed by atoms with Gasteiger partial charge in [-0.05, 0) is 20.8 Å². The number of rotatable bonds is 7. The van der Waals surface area contributed by atoms with Gasteiger partial charge in [0.2, 0.25) is 0 Å². The Morgan fingerprint density at radius 1 is 1.14 bits per heavy atom. The number of phosphoric acid groups is 1. The van der Waals surface area contributed by atoms with E-state index in [0.29, 0.717) is 6.54 Å². The van der Waals surface area contributed by atoms with Crippen molar-refractivity contribution in [1.82, 2.24) is 0 Å². The number of hydrogen-bond acceptors (Lipinski definition) is 2. The minimum absolute atomic E-state index is 0.111. The maximum atomic E-state index is 10.4. The summed E-state index contributed by atoms with van der Waals surface area (Å²) in [6.45, 7) is 9.85. The van der Waals surface area contributed by atoms with Crippen molar-refractivity contribution in [3.8, 4) is 0 Å². The van der Waals surface area contributed by atoms with E-state index < -0.39 is 7.82 Å². The van der Waals surface area contributed by atoms with Crippen molar-refractivity contribution in [1.29, 1.82) is 0 Å². The van der Waals surface area contributed by atoms with Crippen LogP contribution in [0.1, 0.15) is 20.8 Å². The number of hydrogen-bond donors (Lipinski definition) is 2. The predicted molar refractivity (Wildman–Crippen MR) is 54.7 cm³/mol. The van der Waals surface area contributed by atoms with Gasteiger partial charge in [0.25, 0.3) is 0 Å². The molecule has 0 rings (SSSR count). The fourth-order valence-corrected chi connectivity index (χ4v) is 1.82. The molecule has 86 valence electrons. The number of phosphoric ester groups is 1. The molecule has 0 fully saturated rings. The molecular formula is C8H21NO4P+. The van der Waals surface area contributed by atoms with E-state index in [1.54, 1.807) is 0 Å². The van der Waals surface area contributed by atoms with Gasteiger partial charge in [0.15, 0.2) is 0 Å². The van der Waals surface area contributed by atoms with E-state index in [1.165, 1.54) is 0 Å². The quantitative estimate of drug-likeness (QED) is 0.501. The zero-order valence-electron chi connectivity index (χ0n) is 9.14. The van der Waals surface area contributed by atoms with Crippen LogP contribution in [-0.2, 0) is 9.09 Å². The van der Waals surface area contributed by atoms with E-state index in [1.807, 2.05) is 0 Å². The zero-order chi connectivity index (χ0) is 11.2. The van der Waals surface area contributed by atoms with E-state index in [-0.39, 0.29) is 6.61 Å². The minimum Gasteiger partial charge on any atom is -0.322 e. The van der Waals surface area contributed by atoms with Crippen molar-refractivity contribution < 1.29 is 23.4 Å². The van der Waals surface area contributed by atoms with E-state index in [2.05, 4.69) is 25.3 Å². The van der Waals surface area contributed by atoms with Crippen molar-refractivity contribution in [3.05, 3.63) is 0 Å². The van der Waals surface area contributed by atoms with Gasteiger partial charge in [-0.15, -0.1) is 0 Å². The number of nitrogens with zero attached hydrogens (tertiary/aromatic N) is 1. The summed E-state index contributed by atoms with van der Waals surface area (Å²) in [7, 11) is -4.29. The Labute approximate surface area is 85.5 Å². The SMILES string of the molecule is CC[N+](CC)(CC)CCOP(=O)(O)O. The van der Waals surface area contributed by atoms with E-state index >= 15 is 0 Å². The van der Waals surface area contributed by atoms with Crippen LogP contribution >= 0.6 is 7.82 Å². The molecule has 0 saturated carbocycles. The second kappa shape index (κ2) is 5.83. The van der Waals surface area contributed by atoms with Gasteiger partial charge in [-0.25, -0.2) is 4.57 Å². The highest BCUT2D eigenvalue weighted by atomic mass is 31.2. The van der Waals surface area contributed by atoms with Crippen molar-refractivity contribution in [2.75, 3.05) is 32.8 Å². The molecule has 0 aromatic heterocycles. The normalized spacial score (nSPS) is 13.2. The highest BCUT2D eigenvalue weighted by Gasteiger charge is 2.22. The lowest BCUT2D eigenvalue weighted by atomic mass is 10.3. The lowest BCUT2D eigenvalue weighted by Gasteiger charge is -2.35. The average molecular weight is 226 g/mol. The highest BCUT2D eigenvalue weighted by molar-refractivity contribution is 7.46. The van der Waals surface area contributed by atoms with Gasteiger partial charge in [-0.1, -0.05) is 0 Å². The largest absolute Gasteiger partial charge is 0.469 e. The minimum atomic E-state index is -4.29. The maximum Gasteiger partial charge on any atom is 0.469 e. The molecule has 0 unspecified atom stereocenters. The Balaban J connectivity index is 4.01. The summed E-state index contributed by atoms with van der Waals surface area (Å²) >= 11 is 0. The zero-order valence-corrected chi connectivity index (χ0v) is 10.0. The summed E-state index contributed by atoms with van der Waals surface area (Å²) in [6.07, 6.45) is 0. The Morgan fingerprint density at radius 3 is 1.86 bits per heavy atom. The smallest absolute Gasteiger partial charge is 0.322 e. The predicted octanol–water partition coefficient (Wildman–Crippen LogP) is 0.972. The van der Waals surface area contributed by atoms with E-state index in [0.717, 1.165) is 24.1 Å². The first-order valence-electron chi connectivity index (χ1n) is 4.94. The lowest BCUT2D eigenvalue weighted by molar-refractivity contribution is -0.923. The Hall–Kier alpha value is 0.0700. The highest BCUT2D eigenvalue weighted by Crippen LogP contribution is 2.35. The third-order valence-corrected chi connectivity index (χ3v) is 3.36. The average Bonchev–Trinajstić information content (AvgIpc) is 2.11. The first kappa shape index (κ1) is 14.1. The van der Waals surface area contributed by atoms with Crippen LogP contribution in [0.3, 0.4) is 0 Å². The summed E-state index contributed by atoms with van der Waals surface area (Å²) in [5.74, 6) is 0. The summed E-state index contributed by atoms with van der Waals surface area (Å²) in [5.41, 5.74) is 0. The molecule has 0 aliphatic carbocycles. The lowest BCUT2D eigenvalue weighted by Crippen LogP contribution is -2.49. The Morgan fingerprint density at radius 2 is 1.57 bits per heavy atom. The molecule has 0 aromatic rings. The molecule has 0 aromatic carbocycles. The molecular weight excluding hydrogens is 205 g/mol. The molecule has 2 N–H and O–H groups in total. The molecule has 0 heterocycles.